The summed E-state index contributed by atoms with van der Waals surface area (Å²) >= 11 is 0. The summed E-state index contributed by atoms with van der Waals surface area (Å²) in [6.07, 6.45) is 3.69. The van der Waals surface area contributed by atoms with E-state index in [1.165, 1.54) is 0 Å². The van der Waals surface area contributed by atoms with E-state index in [4.69, 9.17) is 0 Å². The van der Waals surface area contributed by atoms with Crippen LogP contribution in [0.5, 0.6) is 0 Å². The predicted octanol–water partition coefficient (Wildman–Crippen LogP) is 4.07. The van der Waals surface area contributed by atoms with Crippen LogP contribution in [0.25, 0.3) is 11.3 Å². The van der Waals surface area contributed by atoms with Crippen LogP contribution in [0, 0.1) is 0 Å². The monoisotopic (exact) mass is 417 g/mol. The van der Waals surface area contributed by atoms with Crippen molar-refractivity contribution in [2.75, 3.05) is 18.9 Å². The third-order valence-electron chi connectivity index (χ3n) is 5.27. The summed E-state index contributed by atoms with van der Waals surface area (Å²) in [5.41, 5.74) is 4.22. The van der Waals surface area contributed by atoms with E-state index in [2.05, 4.69) is 26.9 Å². The van der Waals surface area contributed by atoms with Crippen LogP contribution >= 0.6 is 0 Å². The molecule has 31 heavy (non-hydrogen) atoms. The number of aromatic amines is 1. The molecule has 0 bridgehead atoms. The Labute approximate surface area is 181 Å². The molecule has 7 nitrogen and oxygen atoms in total. The van der Waals surface area contributed by atoms with Crippen LogP contribution in [0.4, 0.5) is 10.5 Å². The molecule has 1 fully saturated rings. The van der Waals surface area contributed by atoms with Gasteiger partial charge >= 0.3 is 6.03 Å². The second-order valence-electron chi connectivity index (χ2n) is 7.93. The molecule has 0 atom stereocenters. The van der Waals surface area contributed by atoms with Gasteiger partial charge in [-0.2, -0.15) is 5.10 Å². The van der Waals surface area contributed by atoms with Crippen molar-refractivity contribution in [3.63, 3.8) is 0 Å². The SMILES string of the molecule is CN(CCCc1cc(-c2ccccc2)n[nH]1)C(=O)c1cccc(NC(=O)NC2CC2)c1. The molecule has 0 spiro atoms. The Morgan fingerprint density at radius 2 is 1.90 bits per heavy atom. The molecule has 1 aromatic heterocycles. The van der Waals surface area contributed by atoms with Gasteiger partial charge < -0.3 is 15.5 Å². The molecule has 2 aromatic carbocycles. The van der Waals surface area contributed by atoms with Gasteiger partial charge in [0, 0.05) is 42.1 Å². The molecule has 0 radical (unpaired) electrons. The minimum Gasteiger partial charge on any atom is -0.342 e. The van der Waals surface area contributed by atoms with Crippen LogP contribution in [-0.2, 0) is 6.42 Å². The molecule has 3 amide bonds. The second kappa shape index (κ2) is 9.47. The number of hydrogen-bond acceptors (Lipinski definition) is 3. The lowest BCUT2D eigenvalue weighted by molar-refractivity contribution is 0.0793. The molecule has 7 heteroatoms. The Morgan fingerprint density at radius 1 is 1.10 bits per heavy atom. The molecule has 1 saturated carbocycles. The maximum Gasteiger partial charge on any atom is 0.319 e. The van der Waals surface area contributed by atoms with E-state index in [-0.39, 0.29) is 18.0 Å². The zero-order valence-corrected chi connectivity index (χ0v) is 17.6. The summed E-state index contributed by atoms with van der Waals surface area (Å²) in [7, 11) is 1.80. The lowest BCUT2D eigenvalue weighted by Crippen LogP contribution is -2.31. The van der Waals surface area contributed by atoms with Gasteiger partial charge in [0.25, 0.3) is 5.91 Å². The fourth-order valence-electron chi connectivity index (χ4n) is 3.39. The number of aryl methyl sites for hydroxylation is 1. The minimum absolute atomic E-state index is 0.0687. The van der Waals surface area contributed by atoms with Gasteiger partial charge in [0.2, 0.25) is 0 Å². The molecule has 4 rings (SSSR count). The van der Waals surface area contributed by atoms with Gasteiger partial charge in [0.15, 0.2) is 0 Å². The Bertz CT molecular complexity index is 1040. The number of hydrogen-bond donors (Lipinski definition) is 3. The van der Waals surface area contributed by atoms with Crippen molar-refractivity contribution < 1.29 is 9.59 Å². The van der Waals surface area contributed by atoms with Crippen molar-refractivity contribution in [3.8, 4) is 11.3 Å². The molecular formula is C24H27N5O2. The molecule has 0 aliphatic heterocycles. The predicted molar refractivity (Wildman–Crippen MR) is 121 cm³/mol. The number of benzene rings is 2. The zero-order valence-electron chi connectivity index (χ0n) is 17.6. The molecule has 3 aromatic rings. The van der Waals surface area contributed by atoms with Crippen LogP contribution in [0.15, 0.2) is 60.7 Å². The van der Waals surface area contributed by atoms with Crippen molar-refractivity contribution in [1.82, 2.24) is 20.4 Å². The van der Waals surface area contributed by atoms with E-state index in [0.717, 1.165) is 42.6 Å². The van der Waals surface area contributed by atoms with E-state index in [9.17, 15) is 9.59 Å². The minimum atomic E-state index is -0.227. The van der Waals surface area contributed by atoms with Gasteiger partial charge in [-0.1, -0.05) is 36.4 Å². The molecule has 1 aliphatic carbocycles. The number of nitrogens with zero attached hydrogens (tertiary/aromatic N) is 2. The normalized spacial score (nSPS) is 12.9. The number of nitrogens with one attached hydrogen (secondary N) is 3. The highest BCUT2D eigenvalue weighted by molar-refractivity contribution is 5.96. The van der Waals surface area contributed by atoms with Crippen molar-refractivity contribution in [3.05, 3.63) is 71.9 Å². The summed E-state index contributed by atoms with van der Waals surface area (Å²) in [5.74, 6) is -0.0687. The zero-order chi connectivity index (χ0) is 21.6. The van der Waals surface area contributed by atoms with Crippen molar-refractivity contribution in [2.45, 2.75) is 31.7 Å². The van der Waals surface area contributed by atoms with Crippen LogP contribution < -0.4 is 10.6 Å². The molecule has 0 unspecified atom stereocenters. The third-order valence-corrected chi connectivity index (χ3v) is 5.27. The van der Waals surface area contributed by atoms with Gasteiger partial charge in [-0.25, -0.2) is 4.79 Å². The number of anilines is 1. The standard InChI is InChI=1S/C24H27N5O2/c1-29(14-6-11-21-16-22(28-27-21)17-7-3-2-4-8-17)23(30)18-9-5-10-20(15-18)26-24(31)25-19-12-13-19/h2-5,7-10,15-16,19H,6,11-14H2,1H3,(H,27,28)(H2,25,26,31). The quantitative estimate of drug-likeness (QED) is 0.516. The van der Waals surface area contributed by atoms with Gasteiger partial charge in [-0.15, -0.1) is 0 Å². The fraction of sp³-hybridized carbons (Fsp3) is 0.292. The first-order valence-electron chi connectivity index (χ1n) is 10.6. The highest BCUT2D eigenvalue weighted by atomic mass is 16.2. The molecule has 3 N–H and O–H groups in total. The topological polar surface area (TPSA) is 90.1 Å². The maximum atomic E-state index is 12.8. The average molecular weight is 418 g/mol. The van der Waals surface area contributed by atoms with Gasteiger partial charge in [0.05, 0.1) is 5.69 Å². The summed E-state index contributed by atoms with van der Waals surface area (Å²) in [6.45, 7) is 0.623. The van der Waals surface area contributed by atoms with E-state index < -0.39 is 0 Å². The first-order valence-corrected chi connectivity index (χ1v) is 10.6. The summed E-state index contributed by atoms with van der Waals surface area (Å²) < 4.78 is 0. The van der Waals surface area contributed by atoms with E-state index in [1.807, 2.05) is 30.3 Å². The molecule has 1 heterocycles. The Hall–Kier alpha value is -3.61. The number of urea groups is 1. The molecule has 1 aliphatic rings. The summed E-state index contributed by atoms with van der Waals surface area (Å²) in [4.78, 5) is 26.4. The first-order chi connectivity index (χ1) is 15.1. The highest BCUT2D eigenvalue weighted by Crippen LogP contribution is 2.20. The Morgan fingerprint density at radius 3 is 2.68 bits per heavy atom. The fourth-order valence-corrected chi connectivity index (χ4v) is 3.39. The smallest absolute Gasteiger partial charge is 0.319 e. The van der Waals surface area contributed by atoms with Crippen LogP contribution in [0.1, 0.15) is 35.3 Å². The average Bonchev–Trinajstić information content (AvgIpc) is 3.47. The van der Waals surface area contributed by atoms with Gasteiger partial charge in [-0.3, -0.25) is 9.89 Å². The largest absolute Gasteiger partial charge is 0.342 e. The highest BCUT2D eigenvalue weighted by Gasteiger charge is 2.23. The second-order valence-corrected chi connectivity index (χ2v) is 7.93. The van der Waals surface area contributed by atoms with Crippen LogP contribution in [0.2, 0.25) is 0 Å². The van der Waals surface area contributed by atoms with Crippen molar-refractivity contribution >= 4 is 17.6 Å². The summed E-state index contributed by atoms with van der Waals surface area (Å²) in [5, 5.41) is 13.1. The maximum absolute atomic E-state index is 12.8. The number of rotatable bonds is 8. The Balaban J connectivity index is 1.27. The number of amides is 3. The van der Waals surface area contributed by atoms with E-state index in [0.29, 0.717) is 17.8 Å². The first kappa shape index (κ1) is 20.7. The molecular weight excluding hydrogens is 390 g/mol. The number of carbonyl (C=O) groups is 2. The lowest BCUT2D eigenvalue weighted by Gasteiger charge is -2.17. The van der Waals surface area contributed by atoms with E-state index >= 15 is 0 Å². The number of carbonyl (C=O) groups excluding carboxylic acids is 2. The van der Waals surface area contributed by atoms with E-state index in [1.54, 1.807) is 36.2 Å². The van der Waals surface area contributed by atoms with Crippen molar-refractivity contribution in [2.24, 2.45) is 0 Å². The lowest BCUT2D eigenvalue weighted by atomic mass is 10.1. The van der Waals surface area contributed by atoms with Crippen molar-refractivity contribution in [1.29, 1.82) is 0 Å². The van der Waals surface area contributed by atoms with Gasteiger partial charge in [-0.05, 0) is 49.9 Å². The van der Waals surface area contributed by atoms with Crippen LogP contribution in [0.3, 0.4) is 0 Å². The third kappa shape index (κ3) is 5.72. The number of aromatic nitrogens is 2. The van der Waals surface area contributed by atoms with Crippen LogP contribution in [-0.4, -0.2) is 46.7 Å². The molecule has 0 saturated heterocycles. The Kier molecular flexibility index (Phi) is 6.31. The van der Waals surface area contributed by atoms with Gasteiger partial charge in [0.1, 0.15) is 0 Å². The summed E-state index contributed by atoms with van der Waals surface area (Å²) in [6, 6.07) is 19.2. The molecule has 160 valence electrons. The number of H-pyrrole nitrogens is 1.